The molecule has 0 saturated heterocycles. The quantitative estimate of drug-likeness (QED) is 0.648. The number of nitrogen functional groups attached to an aromatic ring is 1. The summed E-state index contributed by atoms with van der Waals surface area (Å²) in [4.78, 5) is 11.3. The maximum Gasteiger partial charge on any atom is 0.163 e. The first-order valence-electron chi connectivity index (χ1n) is 4.11. The van der Waals surface area contributed by atoms with Crippen LogP contribution in [-0.4, -0.2) is 5.78 Å². The van der Waals surface area contributed by atoms with Gasteiger partial charge in [-0.2, -0.15) is 0 Å². The van der Waals surface area contributed by atoms with Crippen LogP contribution in [-0.2, 0) is 6.42 Å². The van der Waals surface area contributed by atoms with Crippen molar-refractivity contribution in [2.75, 3.05) is 5.73 Å². The van der Waals surface area contributed by atoms with Gasteiger partial charge in [-0.25, -0.2) is 0 Å². The molecule has 2 nitrogen and oxygen atoms in total. The Hall–Kier alpha value is -1.02. The Morgan fingerprint density at radius 3 is 2.69 bits per heavy atom. The molecule has 2 rings (SSSR count). The maximum absolute atomic E-state index is 11.3. The number of anilines is 1. The van der Waals surface area contributed by atoms with E-state index in [1.807, 2.05) is 19.1 Å². The standard InChI is InChI=1S/C10H11NO.ClH/c1-6-7-3-5-10(12)8(7)2-4-9(6)11;/h2,4H,3,5,11H2,1H3;1H. The summed E-state index contributed by atoms with van der Waals surface area (Å²) in [7, 11) is 0. The van der Waals surface area contributed by atoms with Crippen LogP contribution in [0.25, 0.3) is 0 Å². The van der Waals surface area contributed by atoms with E-state index in [0.717, 1.165) is 28.8 Å². The van der Waals surface area contributed by atoms with Gasteiger partial charge in [0.05, 0.1) is 0 Å². The number of carbonyl (C=O) groups excluding carboxylic acids is 1. The summed E-state index contributed by atoms with van der Waals surface area (Å²) in [5.74, 6) is 0.258. The summed E-state index contributed by atoms with van der Waals surface area (Å²) in [6.07, 6.45) is 1.52. The summed E-state index contributed by atoms with van der Waals surface area (Å²) >= 11 is 0. The van der Waals surface area contributed by atoms with Crippen molar-refractivity contribution in [3.63, 3.8) is 0 Å². The molecule has 0 bridgehead atoms. The minimum atomic E-state index is 0. The highest BCUT2D eigenvalue weighted by Crippen LogP contribution is 2.28. The molecule has 3 heteroatoms. The molecule has 0 heterocycles. The SMILES string of the molecule is Cc1c(N)ccc2c1CCC2=O.Cl. The number of nitrogens with two attached hydrogens (primary N) is 1. The fraction of sp³-hybridized carbons (Fsp3) is 0.300. The molecule has 13 heavy (non-hydrogen) atoms. The molecule has 0 atom stereocenters. The zero-order valence-corrected chi connectivity index (χ0v) is 8.28. The molecular weight excluding hydrogens is 186 g/mol. The Kier molecular flexibility index (Phi) is 2.62. The number of ketones is 1. The van der Waals surface area contributed by atoms with Crippen LogP contribution in [0.4, 0.5) is 5.69 Å². The molecule has 0 amide bonds. The predicted molar refractivity (Wildman–Crippen MR) is 55.5 cm³/mol. The van der Waals surface area contributed by atoms with Gasteiger partial charge in [0.2, 0.25) is 0 Å². The number of hydrogen-bond donors (Lipinski definition) is 1. The summed E-state index contributed by atoms with van der Waals surface area (Å²) in [5.41, 5.74) is 9.63. The smallest absolute Gasteiger partial charge is 0.163 e. The van der Waals surface area contributed by atoms with Gasteiger partial charge in [-0.1, -0.05) is 0 Å². The third-order valence-electron chi connectivity index (χ3n) is 2.54. The van der Waals surface area contributed by atoms with Gasteiger partial charge in [-0.3, -0.25) is 4.79 Å². The number of rotatable bonds is 0. The van der Waals surface area contributed by atoms with Crippen LogP contribution in [0, 0.1) is 6.92 Å². The van der Waals surface area contributed by atoms with Crippen LogP contribution in [0.5, 0.6) is 0 Å². The Morgan fingerprint density at radius 1 is 1.31 bits per heavy atom. The van der Waals surface area contributed by atoms with Crippen molar-refractivity contribution in [1.29, 1.82) is 0 Å². The first-order valence-corrected chi connectivity index (χ1v) is 4.11. The lowest BCUT2D eigenvalue weighted by atomic mass is 10.0. The van der Waals surface area contributed by atoms with Crippen LogP contribution in [0.2, 0.25) is 0 Å². The molecule has 0 unspecified atom stereocenters. The van der Waals surface area contributed by atoms with Gasteiger partial charge >= 0.3 is 0 Å². The second-order valence-corrected chi connectivity index (χ2v) is 3.23. The van der Waals surface area contributed by atoms with E-state index in [-0.39, 0.29) is 18.2 Å². The first kappa shape index (κ1) is 10.1. The minimum absolute atomic E-state index is 0. The summed E-state index contributed by atoms with van der Waals surface area (Å²) in [5, 5.41) is 0. The molecule has 0 radical (unpaired) electrons. The van der Waals surface area contributed by atoms with E-state index in [4.69, 9.17) is 5.73 Å². The van der Waals surface area contributed by atoms with Gasteiger partial charge in [0.1, 0.15) is 0 Å². The van der Waals surface area contributed by atoms with Crippen LogP contribution in [0.3, 0.4) is 0 Å². The molecular formula is C10H12ClNO. The van der Waals surface area contributed by atoms with Crippen molar-refractivity contribution in [2.45, 2.75) is 19.8 Å². The van der Waals surface area contributed by atoms with Crippen molar-refractivity contribution in [2.24, 2.45) is 0 Å². The van der Waals surface area contributed by atoms with Crippen molar-refractivity contribution >= 4 is 23.9 Å². The Labute approximate surface area is 83.5 Å². The summed E-state index contributed by atoms with van der Waals surface area (Å²) in [6.45, 7) is 1.98. The van der Waals surface area contributed by atoms with E-state index in [2.05, 4.69) is 0 Å². The lowest BCUT2D eigenvalue weighted by Crippen LogP contribution is -1.96. The van der Waals surface area contributed by atoms with E-state index in [1.54, 1.807) is 0 Å². The highest BCUT2D eigenvalue weighted by Gasteiger charge is 2.21. The van der Waals surface area contributed by atoms with E-state index in [9.17, 15) is 4.79 Å². The molecule has 0 aliphatic heterocycles. The average Bonchev–Trinajstić information content (AvgIpc) is 2.41. The van der Waals surface area contributed by atoms with Crippen LogP contribution >= 0.6 is 12.4 Å². The monoisotopic (exact) mass is 197 g/mol. The van der Waals surface area contributed by atoms with E-state index >= 15 is 0 Å². The average molecular weight is 198 g/mol. The second kappa shape index (κ2) is 3.38. The Balaban J connectivity index is 0.000000845. The van der Waals surface area contributed by atoms with Crippen molar-refractivity contribution < 1.29 is 4.79 Å². The third-order valence-corrected chi connectivity index (χ3v) is 2.54. The molecule has 1 aromatic carbocycles. The lowest BCUT2D eigenvalue weighted by molar-refractivity contribution is 0.0994. The molecule has 0 spiro atoms. The topological polar surface area (TPSA) is 43.1 Å². The van der Waals surface area contributed by atoms with Crippen LogP contribution in [0.1, 0.15) is 27.9 Å². The highest BCUT2D eigenvalue weighted by atomic mass is 35.5. The van der Waals surface area contributed by atoms with E-state index < -0.39 is 0 Å². The number of Topliss-reactive ketones (excluding diaryl/α,β-unsaturated/α-hetero) is 1. The molecule has 1 aliphatic rings. The number of benzene rings is 1. The van der Waals surface area contributed by atoms with Crippen molar-refractivity contribution in [3.8, 4) is 0 Å². The molecule has 2 N–H and O–H groups in total. The fourth-order valence-corrected chi connectivity index (χ4v) is 1.73. The lowest BCUT2D eigenvalue weighted by Gasteiger charge is -2.04. The Morgan fingerprint density at radius 2 is 2.00 bits per heavy atom. The molecule has 1 aromatic rings. The molecule has 70 valence electrons. The van der Waals surface area contributed by atoms with Crippen LogP contribution < -0.4 is 5.73 Å². The third kappa shape index (κ3) is 1.42. The Bertz CT molecular complexity index is 360. The normalized spacial score (nSPS) is 13.8. The van der Waals surface area contributed by atoms with Gasteiger partial charge in [0.25, 0.3) is 0 Å². The molecule has 0 aromatic heterocycles. The summed E-state index contributed by atoms with van der Waals surface area (Å²) in [6, 6.07) is 3.66. The molecule has 0 fully saturated rings. The van der Waals surface area contributed by atoms with Crippen molar-refractivity contribution in [1.82, 2.24) is 0 Å². The number of carbonyl (C=O) groups is 1. The number of hydrogen-bond acceptors (Lipinski definition) is 2. The largest absolute Gasteiger partial charge is 0.399 e. The highest BCUT2D eigenvalue weighted by molar-refractivity contribution is 6.01. The van der Waals surface area contributed by atoms with Crippen LogP contribution in [0.15, 0.2) is 12.1 Å². The predicted octanol–water partition coefficient (Wildman–Crippen LogP) is 2.13. The van der Waals surface area contributed by atoms with Crippen molar-refractivity contribution in [3.05, 3.63) is 28.8 Å². The first-order chi connectivity index (χ1) is 5.70. The van der Waals surface area contributed by atoms with Gasteiger partial charge in [-0.05, 0) is 36.6 Å². The molecule has 1 aliphatic carbocycles. The molecule has 0 saturated carbocycles. The zero-order valence-electron chi connectivity index (χ0n) is 7.46. The zero-order chi connectivity index (χ0) is 8.72. The number of fused-ring (bicyclic) bond motifs is 1. The maximum atomic E-state index is 11.3. The van der Waals surface area contributed by atoms with Gasteiger partial charge in [0.15, 0.2) is 5.78 Å². The number of halogens is 1. The minimum Gasteiger partial charge on any atom is -0.399 e. The second-order valence-electron chi connectivity index (χ2n) is 3.23. The van der Waals surface area contributed by atoms with Gasteiger partial charge < -0.3 is 5.73 Å². The summed E-state index contributed by atoms with van der Waals surface area (Å²) < 4.78 is 0. The fourth-order valence-electron chi connectivity index (χ4n) is 1.73. The van der Waals surface area contributed by atoms with E-state index in [1.165, 1.54) is 0 Å². The van der Waals surface area contributed by atoms with Gasteiger partial charge in [-0.15, -0.1) is 12.4 Å². The van der Waals surface area contributed by atoms with Gasteiger partial charge in [0, 0.05) is 17.7 Å². The van der Waals surface area contributed by atoms with E-state index in [0.29, 0.717) is 6.42 Å².